The summed E-state index contributed by atoms with van der Waals surface area (Å²) in [6.07, 6.45) is 9.55. The standard InChI is InChI=1S/C10H18ClN/c11-7-4-8-12-9-10-5-2-1-3-6-10/h1-2,10,12H,3-9H2/t10-/m1/s1. The Balaban J connectivity index is 1.95. The molecule has 0 aromatic rings. The van der Waals surface area contributed by atoms with Gasteiger partial charge in [0.2, 0.25) is 0 Å². The van der Waals surface area contributed by atoms with Crippen molar-refractivity contribution in [2.24, 2.45) is 5.92 Å². The van der Waals surface area contributed by atoms with Gasteiger partial charge in [0.1, 0.15) is 0 Å². The first-order valence-corrected chi connectivity index (χ1v) is 5.38. The van der Waals surface area contributed by atoms with E-state index in [1.54, 1.807) is 0 Å². The average molecular weight is 188 g/mol. The van der Waals surface area contributed by atoms with E-state index in [9.17, 15) is 0 Å². The third-order valence-corrected chi connectivity index (χ3v) is 2.57. The van der Waals surface area contributed by atoms with Crippen LogP contribution in [0.1, 0.15) is 25.7 Å². The predicted molar refractivity (Wildman–Crippen MR) is 54.7 cm³/mol. The molecule has 0 spiro atoms. The predicted octanol–water partition coefficient (Wildman–Crippen LogP) is 2.56. The molecule has 0 amide bonds. The fourth-order valence-corrected chi connectivity index (χ4v) is 1.67. The van der Waals surface area contributed by atoms with Crippen LogP contribution in [0.3, 0.4) is 0 Å². The third kappa shape index (κ3) is 4.13. The van der Waals surface area contributed by atoms with Gasteiger partial charge in [0.25, 0.3) is 0 Å². The molecule has 1 atom stereocenters. The summed E-state index contributed by atoms with van der Waals surface area (Å²) in [6, 6.07) is 0. The number of hydrogen-bond donors (Lipinski definition) is 1. The molecule has 1 aliphatic rings. The maximum atomic E-state index is 5.57. The summed E-state index contributed by atoms with van der Waals surface area (Å²) >= 11 is 5.57. The smallest absolute Gasteiger partial charge is 0.0235 e. The largest absolute Gasteiger partial charge is 0.316 e. The molecule has 0 unspecified atom stereocenters. The van der Waals surface area contributed by atoms with Crippen molar-refractivity contribution in [3.63, 3.8) is 0 Å². The number of hydrogen-bond acceptors (Lipinski definition) is 1. The van der Waals surface area contributed by atoms with Crippen molar-refractivity contribution >= 4 is 11.6 Å². The number of nitrogens with one attached hydrogen (secondary N) is 1. The van der Waals surface area contributed by atoms with Crippen molar-refractivity contribution in [3.05, 3.63) is 12.2 Å². The normalized spacial score (nSPS) is 22.9. The molecule has 0 aromatic heterocycles. The van der Waals surface area contributed by atoms with E-state index >= 15 is 0 Å². The highest BCUT2D eigenvalue weighted by atomic mass is 35.5. The topological polar surface area (TPSA) is 12.0 Å². The number of allylic oxidation sites excluding steroid dienone is 2. The van der Waals surface area contributed by atoms with Crippen LogP contribution in [-0.4, -0.2) is 19.0 Å². The van der Waals surface area contributed by atoms with Gasteiger partial charge in [-0.05, 0) is 44.7 Å². The monoisotopic (exact) mass is 187 g/mol. The van der Waals surface area contributed by atoms with Crippen LogP contribution in [0.15, 0.2) is 12.2 Å². The second-order valence-corrected chi connectivity index (χ2v) is 3.78. The van der Waals surface area contributed by atoms with Gasteiger partial charge in [-0.25, -0.2) is 0 Å². The maximum absolute atomic E-state index is 5.57. The molecule has 1 N–H and O–H groups in total. The van der Waals surface area contributed by atoms with Gasteiger partial charge in [-0.3, -0.25) is 0 Å². The second-order valence-electron chi connectivity index (χ2n) is 3.40. The van der Waals surface area contributed by atoms with Crippen LogP contribution >= 0.6 is 11.6 Å². The van der Waals surface area contributed by atoms with Gasteiger partial charge in [0, 0.05) is 5.88 Å². The zero-order chi connectivity index (χ0) is 8.65. The Kier molecular flexibility index (Phi) is 5.46. The number of rotatable bonds is 5. The fourth-order valence-electron chi connectivity index (χ4n) is 1.54. The fraction of sp³-hybridized carbons (Fsp3) is 0.800. The summed E-state index contributed by atoms with van der Waals surface area (Å²) < 4.78 is 0. The first kappa shape index (κ1) is 10.1. The average Bonchev–Trinajstić information content (AvgIpc) is 2.14. The first-order chi connectivity index (χ1) is 5.93. The lowest BCUT2D eigenvalue weighted by atomic mass is 9.94. The van der Waals surface area contributed by atoms with Crippen molar-refractivity contribution < 1.29 is 0 Å². The van der Waals surface area contributed by atoms with Gasteiger partial charge in [0.05, 0.1) is 0 Å². The lowest BCUT2D eigenvalue weighted by Gasteiger charge is -2.17. The Bertz CT molecular complexity index is 134. The Morgan fingerprint density at radius 1 is 1.42 bits per heavy atom. The van der Waals surface area contributed by atoms with Crippen LogP contribution in [0.2, 0.25) is 0 Å². The van der Waals surface area contributed by atoms with Gasteiger partial charge in [-0.1, -0.05) is 12.2 Å². The van der Waals surface area contributed by atoms with Crippen LogP contribution in [0, 0.1) is 5.92 Å². The van der Waals surface area contributed by atoms with E-state index in [0.717, 1.165) is 24.8 Å². The summed E-state index contributed by atoms with van der Waals surface area (Å²) in [5, 5.41) is 3.44. The molecule has 0 heterocycles. The molecule has 0 radical (unpaired) electrons. The quantitative estimate of drug-likeness (QED) is 0.396. The van der Waals surface area contributed by atoms with Crippen molar-refractivity contribution in [2.45, 2.75) is 25.7 Å². The molecule has 2 heteroatoms. The summed E-state index contributed by atoms with van der Waals surface area (Å²) in [7, 11) is 0. The van der Waals surface area contributed by atoms with Crippen molar-refractivity contribution in [2.75, 3.05) is 19.0 Å². The van der Waals surface area contributed by atoms with Gasteiger partial charge >= 0.3 is 0 Å². The van der Waals surface area contributed by atoms with Crippen LogP contribution in [0.25, 0.3) is 0 Å². The summed E-state index contributed by atoms with van der Waals surface area (Å²) in [5.74, 6) is 1.64. The molecule has 0 saturated carbocycles. The Morgan fingerprint density at radius 3 is 3.00 bits per heavy atom. The van der Waals surface area contributed by atoms with Gasteiger partial charge in [0.15, 0.2) is 0 Å². The van der Waals surface area contributed by atoms with Crippen molar-refractivity contribution in [1.82, 2.24) is 5.32 Å². The SMILES string of the molecule is ClCCCNC[C@@H]1CC=CCC1. The van der Waals surface area contributed by atoms with Crippen LogP contribution < -0.4 is 5.32 Å². The van der Waals surface area contributed by atoms with E-state index in [1.807, 2.05) is 0 Å². The van der Waals surface area contributed by atoms with Crippen LogP contribution in [0.5, 0.6) is 0 Å². The Labute approximate surface area is 80.2 Å². The number of halogens is 1. The Hall–Kier alpha value is -0.0100. The lowest BCUT2D eigenvalue weighted by Crippen LogP contribution is -2.24. The zero-order valence-corrected chi connectivity index (χ0v) is 8.32. The number of alkyl halides is 1. The minimum absolute atomic E-state index is 0.775. The molecule has 70 valence electrons. The first-order valence-electron chi connectivity index (χ1n) is 4.85. The molecular weight excluding hydrogens is 170 g/mol. The van der Waals surface area contributed by atoms with E-state index < -0.39 is 0 Å². The molecule has 0 aromatic carbocycles. The van der Waals surface area contributed by atoms with Gasteiger partial charge < -0.3 is 5.32 Å². The van der Waals surface area contributed by atoms with Crippen LogP contribution in [-0.2, 0) is 0 Å². The molecule has 1 aliphatic carbocycles. The minimum Gasteiger partial charge on any atom is -0.316 e. The minimum atomic E-state index is 0.775. The highest BCUT2D eigenvalue weighted by molar-refractivity contribution is 6.17. The van der Waals surface area contributed by atoms with E-state index in [0.29, 0.717) is 0 Å². The maximum Gasteiger partial charge on any atom is 0.0235 e. The lowest BCUT2D eigenvalue weighted by molar-refractivity contribution is 0.441. The molecule has 1 rings (SSSR count). The van der Waals surface area contributed by atoms with E-state index in [4.69, 9.17) is 11.6 Å². The van der Waals surface area contributed by atoms with E-state index in [1.165, 1.54) is 25.8 Å². The molecule has 0 aliphatic heterocycles. The van der Waals surface area contributed by atoms with Crippen molar-refractivity contribution in [3.8, 4) is 0 Å². The van der Waals surface area contributed by atoms with E-state index in [2.05, 4.69) is 17.5 Å². The van der Waals surface area contributed by atoms with Crippen LogP contribution in [0.4, 0.5) is 0 Å². The molecule has 1 nitrogen and oxygen atoms in total. The zero-order valence-electron chi connectivity index (χ0n) is 7.56. The second kappa shape index (κ2) is 6.50. The Morgan fingerprint density at radius 2 is 2.33 bits per heavy atom. The summed E-state index contributed by atoms with van der Waals surface area (Å²) in [6.45, 7) is 2.24. The van der Waals surface area contributed by atoms with Gasteiger partial charge in [-0.2, -0.15) is 0 Å². The van der Waals surface area contributed by atoms with Gasteiger partial charge in [-0.15, -0.1) is 11.6 Å². The molecule has 0 saturated heterocycles. The molecular formula is C10H18ClN. The molecule has 0 bridgehead atoms. The third-order valence-electron chi connectivity index (χ3n) is 2.30. The van der Waals surface area contributed by atoms with Crippen molar-refractivity contribution in [1.29, 1.82) is 0 Å². The summed E-state index contributed by atoms with van der Waals surface area (Å²) in [4.78, 5) is 0. The molecule has 12 heavy (non-hydrogen) atoms. The summed E-state index contributed by atoms with van der Waals surface area (Å²) in [5.41, 5.74) is 0. The highest BCUT2D eigenvalue weighted by Crippen LogP contribution is 2.16. The molecule has 0 fully saturated rings. The van der Waals surface area contributed by atoms with E-state index in [-0.39, 0.29) is 0 Å². The highest BCUT2D eigenvalue weighted by Gasteiger charge is 2.07.